The molecule has 1 aromatic heterocycles. The Labute approximate surface area is 77.3 Å². The van der Waals surface area contributed by atoms with Gasteiger partial charge < -0.3 is 5.11 Å². The van der Waals surface area contributed by atoms with Gasteiger partial charge in [0.05, 0.1) is 5.69 Å². The van der Waals surface area contributed by atoms with E-state index in [-0.39, 0.29) is 0 Å². The number of aliphatic hydroxyl groups is 1. The van der Waals surface area contributed by atoms with Gasteiger partial charge in [-0.05, 0) is 19.8 Å². The average Bonchev–Trinajstić information content (AvgIpc) is 2.30. The summed E-state index contributed by atoms with van der Waals surface area (Å²) < 4.78 is 0. The third kappa shape index (κ3) is 1.84. The molecule has 0 saturated carbocycles. The molecule has 1 heterocycles. The van der Waals surface area contributed by atoms with E-state index in [1.807, 2.05) is 0 Å². The Balaban J connectivity index is 3.00. The molecule has 0 fully saturated rings. The Morgan fingerprint density at radius 2 is 1.92 bits per heavy atom. The van der Waals surface area contributed by atoms with Crippen LogP contribution in [-0.4, -0.2) is 10.1 Å². The third-order valence-electron chi connectivity index (χ3n) is 1.75. The lowest BCUT2D eigenvalue weighted by molar-refractivity contribution is 0.198. The van der Waals surface area contributed by atoms with Crippen LogP contribution in [0.5, 0.6) is 0 Å². The minimum absolute atomic E-state index is 0.429. The van der Waals surface area contributed by atoms with E-state index in [0.717, 1.165) is 10.7 Å². The van der Waals surface area contributed by atoms with Crippen LogP contribution in [0, 0.1) is 6.92 Å². The minimum atomic E-state index is -0.429. The number of aromatic nitrogens is 1. The molecule has 1 unspecified atom stereocenters. The summed E-state index contributed by atoms with van der Waals surface area (Å²) in [6, 6.07) is 0. The van der Waals surface area contributed by atoms with E-state index in [0.29, 0.717) is 5.92 Å². The van der Waals surface area contributed by atoms with Crippen LogP contribution in [0.4, 0.5) is 0 Å². The number of aliphatic hydroxyl groups excluding tert-OH is 1. The first-order valence-corrected chi connectivity index (χ1v) is 4.99. The van der Waals surface area contributed by atoms with Crippen LogP contribution in [0.3, 0.4) is 0 Å². The Kier molecular flexibility index (Phi) is 2.85. The lowest BCUT2D eigenvalue weighted by atomic mass is 10.1. The van der Waals surface area contributed by atoms with Gasteiger partial charge in [0.1, 0.15) is 11.1 Å². The molecular weight excluding hydrogens is 170 g/mol. The molecule has 1 aromatic rings. The summed E-state index contributed by atoms with van der Waals surface area (Å²) in [5.41, 5.74) is 1.12. The maximum Gasteiger partial charge on any atom is 0.121 e. The highest BCUT2D eigenvalue weighted by atomic mass is 32.1. The number of rotatable bonds is 2. The van der Waals surface area contributed by atoms with Crippen molar-refractivity contribution in [3.8, 4) is 0 Å². The minimum Gasteiger partial charge on any atom is -0.386 e. The van der Waals surface area contributed by atoms with Crippen LogP contribution in [0.1, 0.15) is 48.4 Å². The van der Waals surface area contributed by atoms with Crippen molar-refractivity contribution >= 4 is 11.3 Å². The molecule has 0 aliphatic heterocycles. The summed E-state index contributed by atoms with van der Waals surface area (Å²) in [4.78, 5) is 5.60. The zero-order valence-corrected chi connectivity index (χ0v) is 8.77. The molecule has 0 aliphatic carbocycles. The first-order chi connectivity index (χ1) is 5.52. The Bertz CT molecular complexity index is 265. The lowest BCUT2D eigenvalue weighted by Gasteiger charge is -2.00. The van der Waals surface area contributed by atoms with Gasteiger partial charge in [0.15, 0.2) is 0 Å². The van der Waals surface area contributed by atoms with Crippen molar-refractivity contribution in [1.29, 1.82) is 0 Å². The zero-order valence-electron chi connectivity index (χ0n) is 7.96. The fourth-order valence-electron chi connectivity index (χ4n) is 1.14. The van der Waals surface area contributed by atoms with Crippen LogP contribution in [0.15, 0.2) is 0 Å². The van der Waals surface area contributed by atoms with E-state index >= 15 is 0 Å². The summed E-state index contributed by atoms with van der Waals surface area (Å²) >= 11 is 1.59. The third-order valence-corrected chi connectivity index (χ3v) is 2.91. The molecule has 12 heavy (non-hydrogen) atoms. The molecule has 0 bridgehead atoms. The molecule has 68 valence electrons. The molecule has 0 radical (unpaired) electrons. The van der Waals surface area contributed by atoms with Gasteiger partial charge in [-0.15, -0.1) is 11.3 Å². The van der Waals surface area contributed by atoms with E-state index < -0.39 is 6.10 Å². The van der Waals surface area contributed by atoms with Crippen molar-refractivity contribution in [2.24, 2.45) is 0 Å². The predicted octanol–water partition coefficient (Wildman–Crippen LogP) is 2.63. The monoisotopic (exact) mass is 185 g/mol. The second kappa shape index (κ2) is 3.54. The van der Waals surface area contributed by atoms with Crippen molar-refractivity contribution in [3.05, 3.63) is 15.6 Å². The SMILES string of the molecule is Cc1sc(C(C)O)nc1C(C)C. The van der Waals surface area contributed by atoms with Gasteiger partial charge >= 0.3 is 0 Å². The fourth-order valence-corrected chi connectivity index (χ4v) is 2.16. The number of hydrogen-bond acceptors (Lipinski definition) is 3. The molecule has 3 heteroatoms. The molecule has 0 spiro atoms. The maximum atomic E-state index is 9.29. The van der Waals surface area contributed by atoms with Crippen molar-refractivity contribution in [1.82, 2.24) is 4.98 Å². The van der Waals surface area contributed by atoms with Crippen molar-refractivity contribution < 1.29 is 5.11 Å². The highest BCUT2D eigenvalue weighted by Gasteiger charge is 2.13. The molecular formula is C9H15NOS. The van der Waals surface area contributed by atoms with Crippen LogP contribution in [0.25, 0.3) is 0 Å². The first-order valence-electron chi connectivity index (χ1n) is 4.17. The Morgan fingerprint density at radius 3 is 2.17 bits per heavy atom. The van der Waals surface area contributed by atoms with Crippen molar-refractivity contribution in [2.45, 2.75) is 39.7 Å². The van der Waals surface area contributed by atoms with Gasteiger partial charge in [0.25, 0.3) is 0 Å². The quantitative estimate of drug-likeness (QED) is 0.768. The van der Waals surface area contributed by atoms with Crippen LogP contribution >= 0.6 is 11.3 Å². The molecule has 0 aromatic carbocycles. The topological polar surface area (TPSA) is 33.1 Å². The normalized spacial score (nSPS) is 13.8. The molecule has 1 N–H and O–H groups in total. The molecule has 1 atom stereocenters. The van der Waals surface area contributed by atoms with Crippen LogP contribution in [0.2, 0.25) is 0 Å². The summed E-state index contributed by atoms with van der Waals surface area (Å²) in [7, 11) is 0. The lowest BCUT2D eigenvalue weighted by Crippen LogP contribution is -1.93. The average molecular weight is 185 g/mol. The second-order valence-electron chi connectivity index (χ2n) is 3.32. The summed E-state index contributed by atoms with van der Waals surface area (Å²) in [5.74, 6) is 0.453. The molecule has 2 nitrogen and oxygen atoms in total. The van der Waals surface area contributed by atoms with Gasteiger partial charge in [-0.3, -0.25) is 0 Å². The van der Waals surface area contributed by atoms with E-state index in [9.17, 15) is 5.11 Å². The smallest absolute Gasteiger partial charge is 0.121 e. The largest absolute Gasteiger partial charge is 0.386 e. The number of hydrogen-bond donors (Lipinski definition) is 1. The number of aryl methyl sites for hydroxylation is 1. The molecule has 0 aliphatic rings. The molecule has 0 saturated heterocycles. The number of nitrogens with zero attached hydrogens (tertiary/aromatic N) is 1. The van der Waals surface area contributed by atoms with Crippen molar-refractivity contribution in [2.75, 3.05) is 0 Å². The van der Waals surface area contributed by atoms with E-state index in [2.05, 4.69) is 25.8 Å². The Morgan fingerprint density at radius 1 is 1.33 bits per heavy atom. The van der Waals surface area contributed by atoms with Crippen LogP contribution < -0.4 is 0 Å². The summed E-state index contributed by atoms with van der Waals surface area (Å²) in [6.07, 6.45) is -0.429. The van der Waals surface area contributed by atoms with E-state index in [1.54, 1.807) is 18.3 Å². The molecule has 1 rings (SSSR count). The van der Waals surface area contributed by atoms with Gasteiger partial charge in [-0.1, -0.05) is 13.8 Å². The van der Waals surface area contributed by atoms with Gasteiger partial charge in [-0.2, -0.15) is 0 Å². The predicted molar refractivity (Wildman–Crippen MR) is 51.6 cm³/mol. The van der Waals surface area contributed by atoms with Gasteiger partial charge in [0.2, 0.25) is 0 Å². The number of thiazole rings is 1. The summed E-state index contributed by atoms with van der Waals surface area (Å²) in [6.45, 7) is 8.04. The highest BCUT2D eigenvalue weighted by molar-refractivity contribution is 7.11. The van der Waals surface area contributed by atoms with E-state index in [1.165, 1.54) is 4.88 Å². The van der Waals surface area contributed by atoms with Gasteiger partial charge in [0, 0.05) is 4.88 Å². The first kappa shape index (κ1) is 9.68. The van der Waals surface area contributed by atoms with Crippen molar-refractivity contribution in [3.63, 3.8) is 0 Å². The zero-order chi connectivity index (χ0) is 9.30. The second-order valence-corrected chi connectivity index (χ2v) is 4.56. The van der Waals surface area contributed by atoms with E-state index in [4.69, 9.17) is 0 Å². The maximum absolute atomic E-state index is 9.29. The van der Waals surface area contributed by atoms with Gasteiger partial charge in [-0.25, -0.2) is 4.98 Å². The molecule has 0 amide bonds. The highest BCUT2D eigenvalue weighted by Crippen LogP contribution is 2.27. The standard InChI is InChI=1S/C9H15NOS/c1-5(2)8-7(4)12-9(10-8)6(3)11/h5-6,11H,1-4H3. The summed E-state index contributed by atoms with van der Waals surface area (Å²) in [5, 5.41) is 10.1. The fraction of sp³-hybridized carbons (Fsp3) is 0.667. The Hall–Kier alpha value is -0.410. The van der Waals surface area contributed by atoms with Crippen LogP contribution in [-0.2, 0) is 0 Å².